The number of nitrogens with zero attached hydrogens (tertiary/aromatic N) is 4. The van der Waals surface area contributed by atoms with Crippen molar-refractivity contribution >= 4 is 29.5 Å². The zero-order chi connectivity index (χ0) is 39.9. The van der Waals surface area contributed by atoms with Gasteiger partial charge in [-0.05, 0) is 52.6 Å². The second-order valence-electron chi connectivity index (χ2n) is 13.7. The van der Waals surface area contributed by atoms with Gasteiger partial charge in [0, 0.05) is 71.4 Å². The highest BCUT2D eigenvalue weighted by Gasteiger charge is 2.32. The number of amides is 3. The minimum atomic E-state index is -4.48. The molecular weight excluding hydrogens is 722 g/mol. The standard InChI is InChI=1S/C44H49F3N4O5/c1-34(52)49-23-25-50(26-24-49)40-20-15-37(16-21-40)32-51(42(53)22-17-35-13-18-39(19-14-35)44(45,46)47)41(31-36-9-5-3-6-10-36)43(54)48(2)27-28-55-29-30-56-33-38-11-7-4-8-12-38/h3-22,41H,23-33H2,1-2H3/t41-/m0/s1. The first-order valence-corrected chi connectivity index (χ1v) is 18.7. The van der Waals surface area contributed by atoms with Crippen molar-refractivity contribution in [3.63, 3.8) is 0 Å². The number of anilines is 1. The molecule has 0 N–H and O–H groups in total. The van der Waals surface area contributed by atoms with Gasteiger partial charge in [0.1, 0.15) is 6.04 Å². The molecule has 1 atom stereocenters. The molecule has 296 valence electrons. The minimum Gasteiger partial charge on any atom is -0.377 e. The number of alkyl halides is 3. The van der Waals surface area contributed by atoms with Crippen LogP contribution in [0.3, 0.4) is 0 Å². The third-order valence-electron chi connectivity index (χ3n) is 9.68. The van der Waals surface area contributed by atoms with E-state index < -0.39 is 23.7 Å². The summed E-state index contributed by atoms with van der Waals surface area (Å²) in [4.78, 5) is 47.4. The number of hydrogen-bond donors (Lipinski definition) is 0. The molecule has 12 heteroatoms. The lowest BCUT2D eigenvalue weighted by Gasteiger charge is -2.36. The fraction of sp³-hybridized carbons (Fsp3) is 0.341. The molecule has 1 fully saturated rings. The SMILES string of the molecule is CC(=O)N1CCN(c2ccc(CN(C(=O)C=Cc3ccc(C(F)(F)F)cc3)[C@@H](Cc3ccccc3)C(=O)N(C)CCOCCOCc3ccccc3)cc2)CC1. The van der Waals surface area contributed by atoms with Crippen molar-refractivity contribution in [2.75, 3.05) is 64.5 Å². The molecule has 3 amide bonds. The van der Waals surface area contributed by atoms with E-state index in [-0.39, 0.29) is 37.9 Å². The van der Waals surface area contributed by atoms with E-state index >= 15 is 0 Å². The van der Waals surface area contributed by atoms with Crippen LogP contribution in [-0.4, -0.2) is 98.1 Å². The largest absolute Gasteiger partial charge is 0.416 e. The van der Waals surface area contributed by atoms with Crippen LogP contribution in [0.4, 0.5) is 18.9 Å². The zero-order valence-electron chi connectivity index (χ0n) is 31.9. The number of benzene rings is 4. The maximum atomic E-state index is 14.3. The Balaban J connectivity index is 1.32. The van der Waals surface area contributed by atoms with Crippen molar-refractivity contribution < 1.29 is 37.0 Å². The Morgan fingerprint density at radius 1 is 0.750 bits per heavy atom. The molecule has 1 heterocycles. The summed E-state index contributed by atoms with van der Waals surface area (Å²) in [7, 11) is 1.68. The van der Waals surface area contributed by atoms with Gasteiger partial charge in [-0.25, -0.2) is 0 Å². The van der Waals surface area contributed by atoms with E-state index in [9.17, 15) is 27.6 Å². The van der Waals surface area contributed by atoms with Gasteiger partial charge >= 0.3 is 6.18 Å². The van der Waals surface area contributed by atoms with Crippen LogP contribution in [0.25, 0.3) is 6.08 Å². The average Bonchev–Trinajstić information content (AvgIpc) is 3.21. The lowest BCUT2D eigenvalue weighted by molar-refractivity contribution is -0.143. The van der Waals surface area contributed by atoms with Crippen LogP contribution < -0.4 is 4.90 Å². The summed E-state index contributed by atoms with van der Waals surface area (Å²) >= 11 is 0. The fourth-order valence-electron chi connectivity index (χ4n) is 6.39. The van der Waals surface area contributed by atoms with Gasteiger partial charge in [0.05, 0.1) is 32.0 Å². The van der Waals surface area contributed by atoms with E-state index in [0.717, 1.165) is 34.5 Å². The van der Waals surface area contributed by atoms with Crippen LogP contribution in [0.5, 0.6) is 0 Å². The Kier molecular flexibility index (Phi) is 15.2. The van der Waals surface area contributed by atoms with E-state index in [1.807, 2.05) is 89.8 Å². The van der Waals surface area contributed by atoms with Crippen LogP contribution in [0, 0.1) is 0 Å². The predicted octanol–water partition coefficient (Wildman–Crippen LogP) is 6.72. The first kappa shape index (κ1) is 41.7. The van der Waals surface area contributed by atoms with Gasteiger partial charge in [0.15, 0.2) is 0 Å². The number of carbonyl (C=O) groups is 3. The molecule has 0 bridgehead atoms. The molecule has 0 aromatic heterocycles. The number of halogens is 3. The lowest BCUT2D eigenvalue weighted by atomic mass is 10.0. The van der Waals surface area contributed by atoms with Gasteiger partial charge in [-0.15, -0.1) is 0 Å². The molecule has 1 saturated heterocycles. The van der Waals surface area contributed by atoms with Gasteiger partial charge in [-0.2, -0.15) is 13.2 Å². The van der Waals surface area contributed by atoms with Crippen molar-refractivity contribution in [1.82, 2.24) is 14.7 Å². The monoisotopic (exact) mass is 770 g/mol. The molecule has 1 aliphatic heterocycles. The third kappa shape index (κ3) is 12.5. The fourth-order valence-corrected chi connectivity index (χ4v) is 6.39. The molecule has 1 aliphatic rings. The van der Waals surface area contributed by atoms with Gasteiger partial charge in [-0.1, -0.05) is 84.9 Å². The second kappa shape index (κ2) is 20.5. The van der Waals surface area contributed by atoms with Crippen LogP contribution in [-0.2, 0) is 49.6 Å². The van der Waals surface area contributed by atoms with Crippen LogP contribution in [0.15, 0.2) is 115 Å². The van der Waals surface area contributed by atoms with E-state index in [2.05, 4.69) is 4.90 Å². The van der Waals surface area contributed by atoms with E-state index in [4.69, 9.17) is 9.47 Å². The summed E-state index contributed by atoms with van der Waals surface area (Å²) in [6.45, 7) is 6.09. The minimum absolute atomic E-state index is 0.0547. The molecule has 0 radical (unpaired) electrons. The Bertz CT molecular complexity index is 1870. The molecule has 9 nitrogen and oxygen atoms in total. The Morgan fingerprint density at radius 2 is 1.36 bits per heavy atom. The predicted molar refractivity (Wildman–Crippen MR) is 210 cm³/mol. The maximum Gasteiger partial charge on any atom is 0.416 e. The van der Waals surface area contributed by atoms with Crippen molar-refractivity contribution in [3.8, 4) is 0 Å². The molecule has 4 aromatic carbocycles. The highest BCUT2D eigenvalue weighted by atomic mass is 19.4. The molecule has 0 spiro atoms. The molecule has 0 saturated carbocycles. The third-order valence-corrected chi connectivity index (χ3v) is 9.68. The smallest absolute Gasteiger partial charge is 0.377 e. The van der Waals surface area contributed by atoms with Crippen LogP contribution in [0.2, 0.25) is 0 Å². The zero-order valence-corrected chi connectivity index (χ0v) is 31.9. The molecule has 4 aromatic rings. The molecule has 0 unspecified atom stereocenters. The molecule has 5 rings (SSSR count). The van der Waals surface area contributed by atoms with Crippen molar-refractivity contribution in [2.24, 2.45) is 0 Å². The summed E-state index contributed by atoms with van der Waals surface area (Å²) in [6.07, 6.45) is -1.49. The molecular formula is C44H49F3N4O5. The number of piperazine rings is 1. The topological polar surface area (TPSA) is 82.6 Å². The van der Waals surface area contributed by atoms with Crippen molar-refractivity contribution in [2.45, 2.75) is 38.7 Å². The van der Waals surface area contributed by atoms with E-state index in [1.165, 1.54) is 29.2 Å². The van der Waals surface area contributed by atoms with E-state index in [1.54, 1.807) is 18.9 Å². The normalized spacial score (nSPS) is 13.8. The van der Waals surface area contributed by atoms with Gasteiger partial charge in [0.25, 0.3) is 0 Å². The number of hydrogen-bond acceptors (Lipinski definition) is 6. The summed E-state index contributed by atoms with van der Waals surface area (Å²) in [5.41, 5.74) is 3.32. The highest BCUT2D eigenvalue weighted by molar-refractivity contribution is 5.95. The molecule has 0 aliphatic carbocycles. The number of ether oxygens (including phenoxy) is 2. The summed E-state index contributed by atoms with van der Waals surface area (Å²) in [5, 5.41) is 0. The quantitative estimate of drug-likeness (QED) is 0.0877. The summed E-state index contributed by atoms with van der Waals surface area (Å²) in [5.74, 6) is -0.697. The molecule has 56 heavy (non-hydrogen) atoms. The first-order chi connectivity index (χ1) is 27.0. The van der Waals surface area contributed by atoms with Crippen LogP contribution >= 0.6 is 0 Å². The number of likely N-dealkylation sites (N-methyl/N-ethyl adjacent to an activating group) is 1. The Labute approximate surface area is 326 Å². The lowest BCUT2D eigenvalue weighted by Crippen LogP contribution is -2.51. The van der Waals surface area contributed by atoms with Crippen molar-refractivity contribution in [1.29, 1.82) is 0 Å². The maximum absolute atomic E-state index is 14.3. The first-order valence-electron chi connectivity index (χ1n) is 18.7. The number of rotatable bonds is 17. The average molecular weight is 771 g/mol. The second-order valence-corrected chi connectivity index (χ2v) is 13.7. The van der Waals surface area contributed by atoms with Crippen LogP contribution in [0.1, 0.15) is 34.7 Å². The van der Waals surface area contributed by atoms with Gasteiger partial charge < -0.3 is 29.1 Å². The van der Waals surface area contributed by atoms with Gasteiger partial charge in [0.2, 0.25) is 17.7 Å². The Morgan fingerprint density at radius 3 is 1.96 bits per heavy atom. The van der Waals surface area contributed by atoms with E-state index in [0.29, 0.717) is 51.6 Å². The summed E-state index contributed by atoms with van der Waals surface area (Å²) in [6, 6.07) is 30.7. The Hall–Kier alpha value is -5.46. The van der Waals surface area contributed by atoms with Crippen molar-refractivity contribution in [3.05, 3.63) is 143 Å². The summed E-state index contributed by atoms with van der Waals surface area (Å²) < 4.78 is 51.1. The number of carbonyl (C=O) groups excluding carboxylic acids is 3. The van der Waals surface area contributed by atoms with Gasteiger partial charge in [-0.3, -0.25) is 14.4 Å². The highest BCUT2D eigenvalue weighted by Crippen LogP contribution is 2.29.